The van der Waals surface area contributed by atoms with E-state index in [0.29, 0.717) is 18.4 Å². The summed E-state index contributed by atoms with van der Waals surface area (Å²) in [5, 5.41) is 17.8. The van der Waals surface area contributed by atoms with Crippen LogP contribution >= 0.6 is 0 Å². The van der Waals surface area contributed by atoms with Crippen molar-refractivity contribution in [3.63, 3.8) is 0 Å². The van der Waals surface area contributed by atoms with Gasteiger partial charge in [0.25, 0.3) is 5.89 Å². The molecule has 25 heavy (non-hydrogen) atoms. The van der Waals surface area contributed by atoms with Crippen LogP contribution in [0.1, 0.15) is 56.5 Å². The van der Waals surface area contributed by atoms with E-state index in [9.17, 15) is 0 Å². The Morgan fingerprint density at radius 3 is 2.92 bits per heavy atom. The third kappa shape index (κ3) is 2.33. The Bertz CT molecular complexity index is 940. The van der Waals surface area contributed by atoms with E-state index in [-0.39, 0.29) is 0 Å². The normalized spacial score (nSPS) is 24.0. The molecule has 1 aliphatic heterocycles. The molecule has 2 aliphatic rings. The highest BCUT2D eigenvalue weighted by Gasteiger charge is 2.41. The molecule has 2 aromatic heterocycles. The summed E-state index contributed by atoms with van der Waals surface area (Å²) in [4.78, 5) is 5.64. The molecule has 7 heteroatoms. The summed E-state index contributed by atoms with van der Waals surface area (Å²) in [6.07, 6.45) is 8.85. The standard InChI is InChI=1S/C18H19N5O2/c1-18(17-21-19-11-24-17)9-15(22-25-18)12-6-7-13-10-20-23(16(13)8-12)14-4-2-3-5-14/h6-8,10-11,14H,2-5,9H2,1H3. The fourth-order valence-corrected chi connectivity index (χ4v) is 3.87. The van der Waals surface area contributed by atoms with Gasteiger partial charge in [-0.15, -0.1) is 10.2 Å². The molecule has 1 aromatic carbocycles. The average molecular weight is 337 g/mol. The Morgan fingerprint density at radius 1 is 1.24 bits per heavy atom. The van der Waals surface area contributed by atoms with Gasteiger partial charge in [-0.2, -0.15) is 5.10 Å². The van der Waals surface area contributed by atoms with Gasteiger partial charge in [-0.25, -0.2) is 0 Å². The molecule has 3 heterocycles. The molecule has 0 bridgehead atoms. The van der Waals surface area contributed by atoms with Crippen LogP contribution in [0.25, 0.3) is 10.9 Å². The average Bonchev–Trinajstić information content (AvgIpc) is 3.39. The molecule has 0 spiro atoms. The quantitative estimate of drug-likeness (QED) is 0.730. The van der Waals surface area contributed by atoms with Gasteiger partial charge in [0, 0.05) is 17.4 Å². The largest absolute Gasteiger partial charge is 0.424 e. The van der Waals surface area contributed by atoms with Crippen molar-refractivity contribution < 1.29 is 9.25 Å². The Labute approximate surface area is 144 Å². The van der Waals surface area contributed by atoms with Gasteiger partial charge in [-0.3, -0.25) is 4.68 Å². The smallest absolute Gasteiger partial charge is 0.262 e. The predicted octanol–water partition coefficient (Wildman–Crippen LogP) is 3.57. The molecule has 1 fully saturated rings. The predicted molar refractivity (Wildman–Crippen MR) is 91.1 cm³/mol. The van der Waals surface area contributed by atoms with Crippen LogP contribution in [0.2, 0.25) is 0 Å². The van der Waals surface area contributed by atoms with E-state index in [0.717, 1.165) is 16.7 Å². The molecule has 1 unspecified atom stereocenters. The summed E-state index contributed by atoms with van der Waals surface area (Å²) >= 11 is 0. The van der Waals surface area contributed by atoms with Crippen LogP contribution in [0.15, 0.2) is 40.4 Å². The Kier molecular flexibility index (Phi) is 3.16. The molecule has 0 N–H and O–H groups in total. The lowest BCUT2D eigenvalue weighted by atomic mass is 9.95. The molecular formula is C18H19N5O2. The summed E-state index contributed by atoms with van der Waals surface area (Å²) in [5.74, 6) is 0.448. The van der Waals surface area contributed by atoms with Crippen LogP contribution in [0.5, 0.6) is 0 Å². The summed E-state index contributed by atoms with van der Waals surface area (Å²) in [5.41, 5.74) is 2.41. The third-order valence-corrected chi connectivity index (χ3v) is 5.28. The highest BCUT2D eigenvalue weighted by molar-refractivity contribution is 6.03. The Hall–Kier alpha value is -2.70. The molecule has 1 aliphatic carbocycles. The highest BCUT2D eigenvalue weighted by atomic mass is 16.7. The maximum absolute atomic E-state index is 5.64. The number of hydrogen-bond acceptors (Lipinski definition) is 6. The first-order valence-electron chi connectivity index (χ1n) is 8.72. The minimum absolute atomic E-state index is 0.448. The zero-order chi connectivity index (χ0) is 16.9. The van der Waals surface area contributed by atoms with Crippen molar-refractivity contribution in [1.82, 2.24) is 20.0 Å². The van der Waals surface area contributed by atoms with Crippen molar-refractivity contribution in [1.29, 1.82) is 0 Å². The van der Waals surface area contributed by atoms with E-state index >= 15 is 0 Å². The van der Waals surface area contributed by atoms with Crippen molar-refractivity contribution in [3.8, 4) is 0 Å². The molecule has 5 rings (SSSR count). The minimum atomic E-state index is -0.702. The minimum Gasteiger partial charge on any atom is -0.424 e. The molecule has 1 saturated carbocycles. The van der Waals surface area contributed by atoms with Gasteiger partial charge in [0.1, 0.15) is 0 Å². The number of oxime groups is 1. The fourth-order valence-electron chi connectivity index (χ4n) is 3.87. The first kappa shape index (κ1) is 14.6. The summed E-state index contributed by atoms with van der Waals surface area (Å²) in [6, 6.07) is 6.86. The van der Waals surface area contributed by atoms with E-state index in [4.69, 9.17) is 9.25 Å². The fraction of sp³-hybridized carbons (Fsp3) is 0.444. The molecule has 7 nitrogen and oxygen atoms in total. The van der Waals surface area contributed by atoms with E-state index in [2.05, 4.69) is 43.3 Å². The molecule has 0 radical (unpaired) electrons. The number of hydrogen-bond donors (Lipinski definition) is 0. The molecular weight excluding hydrogens is 318 g/mol. The molecule has 0 saturated heterocycles. The first-order chi connectivity index (χ1) is 12.2. The van der Waals surface area contributed by atoms with Crippen molar-refractivity contribution in [2.24, 2.45) is 5.16 Å². The first-order valence-corrected chi connectivity index (χ1v) is 8.72. The number of benzene rings is 1. The Balaban J connectivity index is 1.48. The van der Waals surface area contributed by atoms with Crippen molar-refractivity contribution in [3.05, 3.63) is 42.2 Å². The van der Waals surface area contributed by atoms with Crippen molar-refractivity contribution >= 4 is 16.6 Å². The van der Waals surface area contributed by atoms with Crippen LogP contribution < -0.4 is 0 Å². The number of rotatable bonds is 3. The van der Waals surface area contributed by atoms with E-state index < -0.39 is 5.60 Å². The molecule has 3 aromatic rings. The maximum Gasteiger partial charge on any atom is 0.262 e. The van der Waals surface area contributed by atoms with Crippen LogP contribution in [0, 0.1) is 0 Å². The van der Waals surface area contributed by atoms with E-state index in [1.165, 1.54) is 37.6 Å². The zero-order valence-electron chi connectivity index (χ0n) is 14.1. The van der Waals surface area contributed by atoms with Crippen LogP contribution in [-0.4, -0.2) is 25.7 Å². The third-order valence-electron chi connectivity index (χ3n) is 5.28. The second-order valence-electron chi connectivity index (χ2n) is 7.08. The van der Waals surface area contributed by atoms with Crippen molar-refractivity contribution in [2.75, 3.05) is 0 Å². The van der Waals surface area contributed by atoms with Gasteiger partial charge in [-0.1, -0.05) is 30.1 Å². The SMILES string of the molecule is CC1(c2nnco2)CC(c2ccc3cnn(C4CCCC4)c3c2)=NO1. The lowest BCUT2D eigenvalue weighted by molar-refractivity contribution is -0.0279. The topological polar surface area (TPSA) is 78.3 Å². The van der Waals surface area contributed by atoms with Crippen molar-refractivity contribution in [2.45, 2.75) is 50.7 Å². The van der Waals surface area contributed by atoms with Gasteiger partial charge < -0.3 is 9.25 Å². The molecule has 1 atom stereocenters. The van der Waals surface area contributed by atoms with Gasteiger partial charge in [0.15, 0.2) is 0 Å². The lowest BCUT2D eigenvalue weighted by Gasteiger charge is -2.15. The van der Waals surface area contributed by atoms with Crippen LogP contribution in [0.3, 0.4) is 0 Å². The van der Waals surface area contributed by atoms with E-state index in [1.54, 1.807) is 0 Å². The molecule has 128 valence electrons. The van der Waals surface area contributed by atoms with Crippen LogP contribution in [0.4, 0.5) is 0 Å². The van der Waals surface area contributed by atoms with E-state index in [1.807, 2.05) is 13.1 Å². The molecule has 0 amide bonds. The summed E-state index contributed by atoms with van der Waals surface area (Å²) in [7, 11) is 0. The second-order valence-corrected chi connectivity index (χ2v) is 7.08. The number of nitrogens with zero attached hydrogens (tertiary/aromatic N) is 5. The lowest BCUT2D eigenvalue weighted by Crippen LogP contribution is -2.22. The van der Waals surface area contributed by atoms with Gasteiger partial charge in [-0.05, 0) is 25.8 Å². The Morgan fingerprint density at radius 2 is 2.12 bits per heavy atom. The van der Waals surface area contributed by atoms with Gasteiger partial charge in [0.05, 0.1) is 23.5 Å². The van der Waals surface area contributed by atoms with Gasteiger partial charge in [0.2, 0.25) is 12.0 Å². The highest BCUT2D eigenvalue weighted by Crippen LogP contribution is 2.36. The maximum atomic E-state index is 5.64. The number of aromatic nitrogens is 4. The monoisotopic (exact) mass is 337 g/mol. The zero-order valence-corrected chi connectivity index (χ0v) is 14.1. The number of fused-ring (bicyclic) bond motifs is 1. The summed E-state index contributed by atoms with van der Waals surface area (Å²) < 4.78 is 7.49. The second kappa shape index (κ2) is 5.40. The van der Waals surface area contributed by atoms with Gasteiger partial charge >= 0.3 is 0 Å². The van der Waals surface area contributed by atoms with Crippen LogP contribution in [-0.2, 0) is 10.4 Å². The summed E-state index contributed by atoms with van der Waals surface area (Å²) in [6.45, 7) is 1.92.